The van der Waals surface area contributed by atoms with Crippen LogP contribution in [0, 0.1) is 10.1 Å². The Hall–Kier alpha value is -4.25. The van der Waals surface area contributed by atoms with E-state index in [1.807, 2.05) is 18.2 Å². The van der Waals surface area contributed by atoms with Crippen LogP contribution in [0.25, 0.3) is 0 Å². The predicted molar refractivity (Wildman–Crippen MR) is 130 cm³/mol. The summed E-state index contributed by atoms with van der Waals surface area (Å²) in [5.41, 5.74) is 0.712. The molecule has 1 aromatic heterocycles. The Morgan fingerprint density at radius 3 is 2.37 bits per heavy atom. The van der Waals surface area contributed by atoms with Crippen LogP contribution in [-0.2, 0) is 6.54 Å². The van der Waals surface area contributed by atoms with Crippen molar-refractivity contribution in [3.63, 3.8) is 0 Å². The van der Waals surface area contributed by atoms with Crippen LogP contribution in [-0.4, -0.2) is 66.1 Å². The van der Waals surface area contributed by atoms with Gasteiger partial charge in [0.05, 0.1) is 25.2 Å². The fourth-order valence-corrected chi connectivity index (χ4v) is 3.95. The molecule has 0 aliphatic carbocycles. The second kappa shape index (κ2) is 10.8. The summed E-state index contributed by atoms with van der Waals surface area (Å²) < 4.78 is 10.3. The van der Waals surface area contributed by atoms with Crippen molar-refractivity contribution in [1.82, 2.24) is 14.9 Å². The van der Waals surface area contributed by atoms with Crippen molar-refractivity contribution >= 4 is 23.2 Å². The number of rotatable bonds is 8. The van der Waals surface area contributed by atoms with Crippen LogP contribution in [0.2, 0.25) is 0 Å². The molecule has 0 radical (unpaired) electrons. The second-order valence-corrected chi connectivity index (χ2v) is 7.95. The number of anilines is 2. The maximum absolute atomic E-state index is 12.9. The zero-order valence-corrected chi connectivity index (χ0v) is 19.5. The number of aromatic nitrogens is 2. The lowest BCUT2D eigenvalue weighted by Gasteiger charge is -2.35. The number of piperazine rings is 1. The lowest BCUT2D eigenvalue weighted by atomic mass is 10.1. The van der Waals surface area contributed by atoms with Gasteiger partial charge in [0, 0.05) is 44.9 Å². The molecule has 2 heterocycles. The summed E-state index contributed by atoms with van der Waals surface area (Å²) in [6, 6.07) is 14.4. The molecule has 3 aromatic rings. The minimum atomic E-state index is -0.685. The minimum Gasteiger partial charge on any atom is -0.493 e. The van der Waals surface area contributed by atoms with Crippen molar-refractivity contribution in [2.24, 2.45) is 0 Å². The van der Waals surface area contributed by atoms with Gasteiger partial charge in [-0.25, -0.2) is 9.97 Å². The summed E-state index contributed by atoms with van der Waals surface area (Å²) in [6.45, 7) is 4.19. The Bertz CT molecular complexity index is 1200. The Balaban J connectivity index is 1.44. The first kappa shape index (κ1) is 23.9. The van der Waals surface area contributed by atoms with Gasteiger partial charge in [-0.1, -0.05) is 30.3 Å². The van der Waals surface area contributed by atoms with Gasteiger partial charge in [0.25, 0.3) is 11.6 Å². The lowest BCUT2D eigenvalue weighted by molar-refractivity contribution is -0.385. The third-order valence-corrected chi connectivity index (χ3v) is 5.78. The molecule has 11 heteroatoms. The summed E-state index contributed by atoms with van der Waals surface area (Å²) in [7, 11) is 2.76. The van der Waals surface area contributed by atoms with Crippen LogP contribution in [0.5, 0.6) is 11.5 Å². The van der Waals surface area contributed by atoms with Crippen molar-refractivity contribution in [3.05, 3.63) is 76.1 Å². The highest BCUT2D eigenvalue weighted by molar-refractivity contribution is 6.07. The molecule has 2 aromatic carbocycles. The second-order valence-electron chi connectivity index (χ2n) is 7.95. The van der Waals surface area contributed by atoms with Gasteiger partial charge in [-0.05, 0) is 5.56 Å². The number of hydrogen-bond donors (Lipinski definition) is 1. The van der Waals surface area contributed by atoms with E-state index in [0.29, 0.717) is 5.82 Å². The molecule has 4 rings (SSSR count). The van der Waals surface area contributed by atoms with E-state index in [9.17, 15) is 14.9 Å². The van der Waals surface area contributed by atoms with Crippen molar-refractivity contribution in [3.8, 4) is 11.5 Å². The van der Waals surface area contributed by atoms with E-state index in [4.69, 9.17) is 9.47 Å². The predicted octanol–water partition coefficient (Wildman–Crippen LogP) is 2.98. The highest BCUT2D eigenvalue weighted by atomic mass is 16.6. The number of nitro benzene ring substituents is 1. The van der Waals surface area contributed by atoms with Crippen molar-refractivity contribution in [2.75, 3.05) is 50.6 Å². The Labute approximate surface area is 202 Å². The summed E-state index contributed by atoms with van der Waals surface area (Å²) in [4.78, 5) is 36.8. The summed E-state index contributed by atoms with van der Waals surface area (Å²) in [5.74, 6) is 0.605. The number of carbonyl (C=O) groups is 1. The molecule has 0 saturated carbocycles. The van der Waals surface area contributed by atoms with Crippen LogP contribution < -0.4 is 19.7 Å². The van der Waals surface area contributed by atoms with E-state index in [0.717, 1.165) is 38.8 Å². The van der Waals surface area contributed by atoms with Gasteiger partial charge in [-0.2, -0.15) is 0 Å². The average molecular weight is 479 g/mol. The number of nitro groups is 1. The van der Waals surface area contributed by atoms with E-state index in [-0.39, 0.29) is 22.9 Å². The maximum Gasteiger partial charge on any atom is 0.286 e. The Morgan fingerprint density at radius 2 is 1.71 bits per heavy atom. The third kappa shape index (κ3) is 5.64. The molecule has 182 valence electrons. The van der Waals surface area contributed by atoms with E-state index in [1.165, 1.54) is 32.2 Å². The van der Waals surface area contributed by atoms with Crippen LogP contribution in [0.15, 0.2) is 54.9 Å². The molecular weight excluding hydrogens is 452 g/mol. The number of nitrogens with one attached hydrogen (secondary N) is 1. The zero-order valence-electron chi connectivity index (χ0n) is 19.5. The molecule has 11 nitrogen and oxygen atoms in total. The van der Waals surface area contributed by atoms with E-state index in [2.05, 4.69) is 37.2 Å². The number of amides is 1. The number of carbonyl (C=O) groups excluding carboxylic acids is 1. The standard InChI is InChI=1S/C24H26N6O5/c1-34-20-12-18(19(30(32)33)13-21(20)35-2)24(31)27-22-14-23(26-16-25-22)29-10-8-28(9-11-29)15-17-6-4-3-5-7-17/h3-7,12-14,16H,8-11,15H2,1-2H3,(H,25,26,27,31). The molecule has 0 unspecified atom stereocenters. The average Bonchev–Trinajstić information content (AvgIpc) is 2.89. The van der Waals surface area contributed by atoms with Gasteiger partial charge >= 0.3 is 0 Å². The first-order valence-corrected chi connectivity index (χ1v) is 11.0. The molecule has 1 saturated heterocycles. The van der Waals surface area contributed by atoms with Crippen LogP contribution in [0.1, 0.15) is 15.9 Å². The summed E-state index contributed by atoms with van der Waals surface area (Å²) in [5, 5.41) is 14.2. The van der Waals surface area contributed by atoms with Crippen molar-refractivity contribution < 1.29 is 19.2 Å². The van der Waals surface area contributed by atoms with E-state index in [1.54, 1.807) is 6.07 Å². The van der Waals surface area contributed by atoms with Gasteiger partial charge in [-0.15, -0.1) is 0 Å². The third-order valence-electron chi connectivity index (χ3n) is 5.78. The van der Waals surface area contributed by atoms with Gasteiger partial charge < -0.3 is 19.7 Å². The monoisotopic (exact) mass is 478 g/mol. The quantitative estimate of drug-likeness (QED) is 0.384. The fraction of sp³-hybridized carbons (Fsp3) is 0.292. The molecule has 35 heavy (non-hydrogen) atoms. The number of nitrogens with zero attached hydrogens (tertiary/aromatic N) is 5. The molecule has 1 aliphatic rings. The number of benzene rings is 2. The van der Waals surface area contributed by atoms with Crippen LogP contribution in [0.4, 0.5) is 17.3 Å². The fourth-order valence-electron chi connectivity index (χ4n) is 3.95. The molecule has 1 amide bonds. The maximum atomic E-state index is 12.9. The normalized spacial score (nSPS) is 13.8. The van der Waals surface area contributed by atoms with Crippen molar-refractivity contribution in [2.45, 2.75) is 6.54 Å². The molecule has 1 N–H and O–H groups in total. The molecule has 0 atom stereocenters. The molecule has 1 fully saturated rings. The summed E-state index contributed by atoms with van der Waals surface area (Å²) in [6.07, 6.45) is 1.37. The van der Waals surface area contributed by atoms with Crippen LogP contribution in [0.3, 0.4) is 0 Å². The van der Waals surface area contributed by atoms with Gasteiger partial charge in [0.2, 0.25) is 0 Å². The molecular formula is C24H26N6O5. The zero-order chi connectivity index (χ0) is 24.8. The largest absolute Gasteiger partial charge is 0.493 e. The number of methoxy groups -OCH3 is 2. The molecule has 1 aliphatic heterocycles. The number of hydrogen-bond acceptors (Lipinski definition) is 9. The highest BCUT2D eigenvalue weighted by Gasteiger charge is 2.25. The van der Waals surface area contributed by atoms with Gasteiger partial charge in [0.1, 0.15) is 23.5 Å². The van der Waals surface area contributed by atoms with E-state index < -0.39 is 16.5 Å². The Kier molecular flexibility index (Phi) is 7.36. The SMILES string of the molecule is COc1cc(C(=O)Nc2cc(N3CCN(Cc4ccccc4)CC3)ncn2)c([N+](=O)[O-])cc1OC. The first-order chi connectivity index (χ1) is 17.0. The lowest BCUT2D eigenvalue weighted by Crippen LogP contribution is -2.46. The highest BCUT2D eigenvalue weighted by Crippen LogP contribution is 2.34. The van der Waals surface area contributed by atoms with Crippen molar-refractivity contribution in [1.29, 1.82) is 0 Å². The summed E-state index contributed by atoms with van der Waals surface area (Å²) >= 11 is 0. The van der Waals surface area contributed by atoms with Gasteiger partial charge in [0.15, 0.2) is 11.5 Å². The first-order valence-electron chi connectivity index (χ1n) is 11.0. The smallest absolute Gasteiger partial charge is 0.286 e. The topological polar surface area (TPSA) is 123 Å². The van der Waals surface area contributed by atoms with Crippen LogP contribution >= 0.6 is 0 Å². The Morgan fingerprint density at radius 1 is 1.03 bits per heavy atom. The van der Waals surface area contributed by atoms with Gasteiger partial charge in [-0.3, -0.25) is 19.8 Å². The number of ether oxygens (including phenoxy) is 2. The molecule has 0 bridgehead atoms. The van der Waals surface area contributed by atoms with E-state index >= 15 is 0 Å². The minimum absolute atomic E-state index is 0.159. The molecule has 0 spiro atoms.